The molecule has 2 aliphatic heterocycles. The van der Waals surface area contributed by atoms with Crippen molar-refractivity contribution in [1.82, 2.24) is 4.90 Å². The van der Waals surface area contributed by atoms with E-state index < -0.39 is 35.4 Å². The van der Waals surface area contributed by atoms with E-state index in [2.05, 4.69) is 0 Å². The number of carbonyl (C=O) groups excluding carboxylic acids is 2. The van der Waals surface area contributed by atoms with Gasteiger partial charge in [0.2, 0.25) is 5.79 Å². The molecule has 0 radical (unpaired) electrons. The summed E-state index contributed by atoms with van der Waals surface area (Å²) in [6, 6.07) is -0.0166. The van der Waals surface area contributed by atoms with Crippen molar-refractivity contribution in [2.24, 2.45) is 5.92 Å². The standard InChI is InChI=1S/C24H40NO8P/c1-14(13-26)12-24(6,29-9)19(11-18-16(3)21(27)33-23(4,5)32-18)31-22-20(34-28)17(25(7)8)10-15(2)30-22/h13-15,17,19-20,22H,10-12H2,1-9H3/t14-,15-,17?,19-,20-,22+,24+/m1/s1. The average molecular weight is 502 g/mol. The van der Waals surface area contributed by atoms with Gasteiger partial charge in [-0.15, -0.1) is 0 Å². The van der Waals surface area contributed by atoms with Gasteiger partial charge >= 0.3 is 5.97 Å². The second-order valence-electron chi connectivity index (χ2n) is 10.3. The van der Waals surface area contributed by atoms with Crippen molar-refractivity contribution in [2.45, 2.75) is 102 Å². The van der Waals surface area contributed by atoms with E-state index in [1.165, 1.54) is 0 Å². The first-order valence-electron chi connectivity index (χ1n) is 11.7. The SMILES string of the molecule is CO[C@@](C)(C[C@@H](C)C=O)[C@@H](CC1=C(C)C(=O)OC(C)(C)O1)O[C@@H]1O[C@H](C)CC(N(C)C)[C@H]1P=O. The first-order valence-corrected chi connectivity index (χ1v) is 12.6. The van der Waals surface area contributed by atoms with Gasteiger partial charge in [-0.2, -0.15) is 0 Å². The summed E-state index contributed by atoms with van der Waals surface area (Å²) < 4.78 is 42.1. The molecule has 2 rings (SSSR count). The van der Waals surface area contributed by atoms with Crippen molar-refractivity contribution in [1.29, 1.82) is 0 Å². The molecule has 10 heteroatoms. The lowest BCUT2D eigenvalue weighted by atomic mass is 9.85. The summed E-state index contributed by atoms with van der Waals surface area (Å²) in [4.78, 5) is 25.9. The fourth-order valence-electron chi connectivity index (χ4n) is 4.55. The Morgan fingerprint density at radius 1 is 1.32 bits per heavy atom. The van der Waals surface area contributed by atoms with Crippen molar-refractivity contribution in [3.63, 3.8) is 0 Å². The van der Waals surface area contributed by atoms with Crippen LogP contribution in [0.25, 0.3) is 0 Å². The van der Waals surface area contributed by atoms with Gasteiger partial charge in [0.05, 0.1) is 23.4 Å². The minimum Gasteiger partial charge on any atom is -0.457 e. The fourth-order valence-corrected chi connectivity index (χ4v) is 5.32. The zero-order valence-corrected chi connectivity index (χ0v) is 22.7. The highest BCUT2D eigenvalue weighted by molar-refractivity contribution is 7.24. The highest BCUT2D eigenvalue weighted by Crippen LogP contribution is 2.39. The number of cyclic esters (lactones) is 1. The van der Waals surface area contributed by atoms with Crippen LogP contribution in [-0.4, -0.2) is 79.9 Å². The van der Waals surface area contributed by atoms with Crippen molar-refractivity contribution in [3.05, 3.63) is 11.3 Å². The number of hydrogen-bond acceptors (Lipinski definition) is 9. The maximum Gasteiger partial charge on any atom is 0.340 e. The third-order valence-electron chi connectivity index (χ3n) is 6.61. The van der Waals surface area contributed by atoms with Crippen LogP contribution in [0.3, 0.4) is 0 Å². The van der Waals surface area contributed by atoms with Crippen LogP contribution in [0.1, 0.15) is 60.8 Å². The van der Waals surface area contributed by atoms with Gasteiger partial charge in [-0.1, -0.05) is 6.92 Å². The predicted molar refractivity (Wildman–Crippen MR) is 127 cm³/mol. The molecule has 7 atom stereocenters. The Labute approximate surface area is 204 Å². The number of nitrogens with zero attached hydrogens (tertiary/aromatic N) is 1. The topological polar surface area (TPSA) is 101 Å². The average Bonchev–Trinajstić information content (AvgIpc) is 2.75. The summed E-state index contributed by atoms with van der Waals surface area (Å²) in [7, 11) is 5.36. The molecule has 9 nitrogen and oxygen atoms in total. The molecular weight excluding hydrogens is 461 g/mol. The van der Waals surface area contributed by atoms with E-state index in [0.717, 1.165) is 6.29 Å². The minimum absolute atomic E-state index is 0.0166. The summed E-state index contributed by atoms with van der Waals surface area (Å²) in [5.74, 6) is -1.46. The number of carbonyl (C=O) groups is 2. The van der Waals surface area contributed by atoms with Crippen LogP contribution >= 0.6 is 8.46 Å². The monoisotopic (exact) mass is 501 g/mol. The van der Waals surface area contributed by atoms with E-state index in [9.17, 15) is 14.2 Å². The van der Waals surface area contributed by atoms with Gasteiger partial charge in [-0.3, -0.25) is 4.57 Å². The molecule has 0 aromatic rings. The Morgan fingerprint density at radius 2 is 1.97 bits per heavy atom. The molecule has 1 fully saturated rings. The molecule has 0 amide bonds. The lowest BCUT2D eigenvalue weighted by Crippen LogP contribution is -2.55. The van der Waals surface area contributed by atoms with Gasteiger partial charge in [0.1, 0.15) is 17.7 Å². The van der Waals surface area contributed by atoms with Gasteiger partial charge in [-0.05, 0) is 47.7 Å². The van der Waals surface area contributed by atoms with E-state index in [0.29, 0.717) is 24.2 Å². The summed E-state index contributed by atoms with van der Waals surface area (Å²) in [6.07, 6.45) is 0.575. The Morgan fingerprint density at radius 3 is 2.50 bits per heavy atom. The van der Waals surface area contributed by atoms with Crippen LogP contribution in [0, 0.1) is 5.92 Å². The normalized spacial score (nSPS) is 30.9. The maximum absolute atomic E-state index is 12.4. The summed E-state index contributed by atoms with van der Waals surface area (Å²) in [5.41, 5.74) is -1.01. The van der Waals surface area contributed by atoms with Crippen molar-refractivity contribution in [2.75, 3.05) is 21.2 Å². The second-order valence-corrected chi connectivity index (χ2v) is 11.1. The number of hydrogen-bond donors (Lipinski definition) is 0. The predicted octanol–water partition coefficient (Wildman–Crippen LogP) is 3.70. The van der Waals surface area contributed by atoms with Crippen LogP contribution in [0.2, 0.25) is 0 Å². The number of esters is 1. The molecule has 1 saturated heterocycles. The Bertz CT molecular complexity index is 785. The first-order chi connectivity index (χ1) is 15.8. The molecule has 0 aromatic carbocycles. The molecule has 0 saturated carbocycles. The quantitative estimate of drug-likeness (QED) is 0.238. The minimum atomic E-state index is -1.13. The van der Waals surface area contributed by atoms with E-state index in [1.807, 2.05) is 39.8 Å². The van der Waals surface area contributed by atoms with Gasteiger partial charge in [-0.25, -0.2) is 4.79 Å². The van der Waals surface area contributed by atoms with Crippen LogP contribution in [0.5, 0.6) is 0 Å². The van der Waals surface area contributed by atoms with Crippen molar-refractivity contribution in [3.8, 4) is 0 Å². The maximum atomic E-state index is 12.4. The second kappa shape index (κ2) is 11.6. The van der Waals surface area contributed by atoms with Crippen LogP contribution in [-0.2, 0) is 37.8 Å². The van der Waals surface area contributed by atoms with Gasteiger partial charge in [0, 0.05) is 39.3 Å². The molecule has 2 heterocycles. The Balaban J connectivity index is 2.46. The molecular formula is C24H40NO8P. The molecule has 0 N–H and O–H groups in total. The largest absolute Gasteiger partial charge is 0.457 e. The Hall–Kier alpha value is -1.38. The number of rotatable bonds is 11. The molecule has 1 unspecified atom stereocenters. The summed E-state index contributed by atoms with van der Waals surface area (Å²) in [5, 5.41) is 0. The smallest absolute Gasteiger partial charge is 0.340 e. The summed E-state index contributed by atoms with van der Waals surface area (Å²) in [6.45, 7) is 10.6. The van der Waals surface area contributed by atoms with E-state index >= 15 is 0 Å². The van der Waals surface area contributed by atoms with E-state index in [-0.39, 0.29) is 32.9 Å². The highest BCUT2D eigenvalue weighted by atomic mass is 31.1. The van der Waals surface area contributed by atoms with E-state index in [1.54, 1.807) is 27.9 Å². The zero-order valence-electron chi connectivity index (χ0n) is 21.8. The molecule has 2 aliphatic rings. The van der Waals surface area contributed by atoms with Crippen LogP contribution < -0.4 is 0 Å². The summed E-state index contributed by atoms with van der Waals surface area (Å²) >= 11 is 0. The zero-order chi connectivity index (χ0) is 25.8. The molecule has 0 spiro atoms. The number of aldehydes is 1. The lowest BCUT2D eigenvalue weighted by molar-refractivity contribution is -0.256. The van der Waals surface area contributed by atoms with Crippen LogP contribution in [0.15, 0.2) is 11.3 Å². The van der Waals surface area contributed by atoms with Crippen LogP contribution in [0.4, 0.5) is 0 Å². The molecule has 0 aliphatic carbocycles. The number of methoxy groups -OCH3 is 1. The third-order valence-corrected chi connectivity index (χ3v) is 7.44. The molecule has 0 bridgehead atoms. The molecule has 0 aromatic heterocycles. The van der Waals surface area contributed by atoms with Crippen molar-refractivity contribution < 1.29 is 37.8 Å². The molecule has 194 valence electrons. The first kappa shape index (κ1) is 28.9. The Kier molecular flexibility index (Phi) is 9.82. The lowest BCUT2D eigenvalue weighted by Gasteiger charge is -2.45. The molecule has 34 heavy (non-hydrogen) atoms. The van der Waals surface area contributed by atoms with E-state index in [4.69, 9.17) is 23.7 Å². The third kappa shape index (κ3) is 6.85. The van der Waals surface area contributed by atoms with Gasteiger partial charge in [0.25, 0.3) is 0 Å². The number of ether oxygens (including phenoxy) is 5. The van der Waals surface area contributed by atoms with Gasteiger partial charge in [0.15, 0.2) is 14.8 Å². The highest BCUT2D eigenvalue weighted by Gasteiger charge is 2.46. The van der Waals surface area contributed by atoms with Crippen molar-refractivity contribution >= 4 is 20.7 Å². The van der Waals surface area contributed by atoms with Gasteiger partial charge < -0.3 is 33.4 Å². The fraction of sp³-hybridized carbons (Fsp3) is 0.833.